The topological polar surface area (TPSA) is 305 Å². The summed E-state index contributed by atoms with van der Waals surface area (Å²) in [6, 6.07) is 17.8. The molecule has 6 heterocycles. The summed E-state index contributed by atoms with van der Waals surface area (Å²) in [5.74, 6) is -2.83. The number of hydrogen-bond acceptors (Lipinski definition) is 14. The first kappa shape index (κ1) is 50.5. The molecule has 0 atom stereocenters. The third kappa shape index (κ3) is 13.1. The Morgan fingerprint density at radius 1 is 0.568 bits per heavy atom. The van der Waals surface area contributed by atoms with Gasteiger partial charge in [0.25, 0.3) is 11.8 Å². The second-order valence-corrected chi connectivity index (χ2v) is 16.7. The Hall–Kier alpha value is -9.88. The van der Waals surface area contributed by atoms with Gasteiger partial charge in [-0.2, -0.15) is 10.2 Å². The predicted molar refractivity (Wildman–Crippen MR) is 258 cm³/mol. The highest BCUT2D eigenvalue weighted by molar-refractivity contribution is 6.04. The van der Waals surface area contributed by atoms with Gasteiger partial charge in [0.05, 0.1) is 35.2 Å². The van der Waals surface area contributed by atoms with Crippen LogP contribution in [0.3, 0.4) is 0 Å². The lowest BCUT2D eigenvalue weighted by Gasteiger charge is -2.10. The molecule has 2 aromatic carbocycles. The van der Waals surface area contributed by atoms with Gasteiger partial charge in [-0.15, -0.1) is 10.2 Å². The van der Waals surface area contributed by atoms with Crippen LogP contribution in [0.2, 0.25) is 0 Å². The summed E-state index contributed by atoms with van der Waals surface area (Å²) in [5.41, 5.74) is 2.95. The quantitative estimate of drug-likeness (QED) is 0.0649. The molecule has 0 radical (unpaired) electrons. The molecule has 6 N–H and O–H groups in total. The largest absolute Gasteiger partial charge is 0.478 e. The van der Waals surface area contributed by atoms with Gasteiger partial charge >= 0.3 is 11.9 Å². The van der Waals surface area contributed by atoms with Gasteiger partial charge in [-0.25, -0.2) is 37.4 Å². The van der Waals surface area contributed by atoms with Gasteiger partial charge in [0.15, 0.2) is 22.9 Å². The minimum atomic E-state index is -1.26. The van der Waals surface area contributed by atoms with E-state index < -0.39 is 35.4 Å². The van der Waals surface area contributed by atoms with E-state index in [9.17, 15) is 37.5 Å². The van der Waals surface area contributed by atoms with Crippen LogP contribution in [0.5, 0.6) is 23.3 Å². The van der Waals surface area contributed by atoms with Gasteiger partial charge in [-0.1, -0.05) is 0 Å². The first-order valence-corrected chi connectivity index (χ1v) is 22.4. The number of imidazole rings is 2. The van der Waals surface area contributed by atoms with Crippen molar-refractivity contribution >= 4 is 69.9 Å². The van der Waals surface area contributed by atoms with E-state index in [4.69, 9.17) is 19.7 Å². The maximum absolute atomic E-state index is 14.3. The molecule has 2 saturated carbocycles. The Morgan fingerprint density at radius 3 is 1.30 bits per heavy atom. The van der Waals surface area contributed by atoms with Crippen LogP contribution in [0, 0.1) is 37.3 Å². The Bertz CT molecular complexity index is 3290. The number of nitrogens with one attached hydrogen (secondary N) is 4. The molecule has 2 aliphatic carbocycles. The third-order valence-electron chi connectivity index (χ3n) is 10.6. The SMILES string of the molecule is Cc1cc(C(=O)Nc2cc(Oc3ccc4nc(NC(=O)C5CC5)cn4n3)ccc2F)n(C)n1.Cc1cc(C(=O)Nc2cc(Oc3ccc4nc(NC(=O)C5CC5)cn4n3)ccc2F)n(C)n1.O=C(O)/C=C/C(=O)O. The minimum absolute atomic E-state index is 0.0369. The van der Waals surface area contributed by atoms with E-state index in [1.54, 1.807) is 76.7 Å². The number of aromatic nitrogens is 10. The van der Waals surface area contributed by atoms with Crippen LogP contribution in [0.15, 0.2) is 97.3 Å². The van der Waals surface area contributed by atoms with Crippen LogP contribution in [0.25, 0.3) is 11.3 Å². The van der Waals surface area contributed by atoms with Crippen molar-refractivity contribution in [2.75, 3.05) is 21.3 Å². The Morgan fingerprint density at radius 2 is 0.959 bits per heavy atom. The van der Waals surface area contributed by atoms with Crippen molar-refractivity contribution in [1.29, 1.82) is 0 Å². The average Bonchev–Trinajstić information content (AvgIpc) is 4.25. The number of halogens is 2. The third-order valence-corrected chi connectivity index (χ3v) is 10.6. The molecule has 0 unspecified atom stereocenters. The van der Waals surface area contributed by atoms with Crippen LogP contribution < -0.4 is 30.7 Å². The van der Waals surface area contributed by atoms with E-state index in [-0.39, 0.29) is 58.3 Å². The Kier molecular flexibility index (Phi) is 14.8. The number of hydrogen-bond donors (Lipinski definition) is 6. The smallest absolute Gasteiger partial charge is 0.328 e. The van der Waals surface area contributed by atoms with Crippen molar-refractivity contribution in [3.63, 3.8) is 0 Å². The van der Waals surface area contributed by atoms with Crippen LogP contribution in [-0.4, -0.2) is 94.5 Å². The highest BCUT2D eigenvalue weighted by Crippen LogP contribution is 2.32. The van der Waals surface area contributed by atoms with Gasteiger partial charge in [0.2, 0.25) is 23.6 Å². The van der Waals surface area contributed by atoms with Crippen molar-refractivity contribution in [2.24, 2.45) is 25.9 Å². The zero-order valence-electron chi connectivity index (χ0n) is 39.6. The molecule has 0 spiro atoms. The Labute approximate surface area is 416 Å². The summed E-state index contributed by atoms with van der Waals surface area (Å²) in [7, 11) is 3.27. The fourth-order valence-corrected chi connectivity index (χ4v) is 6.84. The molecule has 26 heteroatoms. The van der Waals surface area contributed by atoms with Gasteiger partial charge in [-0.05, 0) is 88.1 Å². The second kappa shape index (κ2) is 21.6. The predicted octanol–water partition coefficient (Wildman–Crippen LogP) is 6.32. The number of rotatable bonds is 14. The van der Waals surface area contributed by atoms with Gasteiger partial charge in [-0.3, -0.25) is 28.5 Å². The fourth-order valence-electron chi connectivity index (χ4n) is 6.84. The molecule has 6 aromatic heterocycles. The van der Waals surface area contributed by atoms with Gasteiger partial charge in [0.1, 0.15) is 34.5 Å². The molecule has 380 valence electrons. The van der Waals surface area contributed by atoms with E-state index in [0.29, 0.717) is 57.9 Å². The van der Waals surface area contributed by atoms with Crippen molar-refractivity contribution in [2.45, 2.75) is 39.5 Å². The Balaban J connectivity index is 0.000000172. The number of nitrogens with zero attached hydrogens (tertiary/aromatic N) is 10. The second-order valence-electron chi connectivity index (χ2n) is 16.7. The normalized spacial score (nSPS) is 12.8. The van der Waals surface area contributed by atoms with Crippen LogP contribution in [0.1, 0.15) is 58.0 Å². The number of carbonyl (C=O) groups excluding carboxylic acids is 4. The zero-order valence-corrected chi connectivity index (χ0v) is 39.6. The summed E-state index contributed by atoms with van der Waals surface area (Å²) < 4.78 is 45.9. The number of anilines is 4. The molecular weight excluding hydrogens is 971 g/mol. The first-order chi connectivity index (χ1) is 35.3. The summed E-state index contributed by atoms with van der Waals surface area (Å²) >= 11 is 0. The molecule has 0 bridgehead atoms. The molecule has 10 rings (SSSR count). The lowest BCUT2D eigenvalue weighted by atomic mass is 10.2. The van der Waals surface area contributed by atoms with Gasteiger partial charge in [0, 0.05) is 62.3 Å². The molecule has 0 aliphatic heterocycles. The number of carboxylic acid groups (broad SMARTS) is 2. The van der Waals surface area contributed by atoms with E-state index in [1.165, 1.54) is 54.8 Å². The maximum Gasteiger partial charge on any atom is 0.328 e. The lowest BCUT2D eigenvalue weighted by molar-refractivity contribution is -0.134. The summed E-state index contributed by atoms with van der Waals surface area (Å²) in [5, 5.41) is 43.1. The zero-order chi connectivity index (χ0) is 52.8. The number of aliphatic carboxylic acids is 2. The number of aryl methyl sites for hydroxylation is 4. The molecule has 8 aromatic rings. The monoisotopic (exact) mass is 1010 g/mol. The first-order valence-electron chi connectivity index (χ1n) is 22.4. The molecule has 74 heavy (non-hydrogen) atoms. The van der Waals surface area contributed by atoms with Crippen molar-refractivity contribution in [1.82, 2.24) is 48.8 Å². The standard InChI is InChI=1S/2C22H20FN7O3.C4H4O4/c2*1-12-9-17(29(2)27-12)22(32)24-16-10-14(5-6-15(16)23)33-20-8-7-19-25-18(11-30(19)28-20)26-21(31)13-3-4-13;5-3(6)1-2-4(7)8/h2*5-11,13H,3-4H2,1-2H3,(H,24,32)(H,26,31);1-2H,(H,5,6)(H,7,8)/b;;2-1+. The molecule has 2 fully saturated rings. The molecule has 2 aliphatic rings. The highest BCUT2D eigenvalue weighted by atomic mass is 19.1. The van der Waals surface area contributed by atoms with Crippen LogP contribution in [0.4, 0.5) is 31.8 Å². The van der Waals surface area contributed by atoms with Crippen LogP contribution in [-0.2, 0) is 33.3 Å². The number of benzene rings is 2. The van der Waals surface area contributed by atoms with E-state index in [0.717, 1.165) is 25.7 Å². The van der Waals surface area contributed by atoms with Crippen molar-refractivity contribution in [3.05, 3.63) is 132 Å². The minimum Gasteiger partial charge on any atom is -0.478 e. The molecule has 24 nitrogen and oxygen atoms in total. The summed E-state index contributed by atoms with van der Waals surface area (Å²) in [4.78, 5) is 76.6. The number of ether oxygens (including phenoxy) is 2. The van der Waals surface area contributed by atoms with Gasteiger partial charge < -0.3 is 41.0 Å². The van der Waals surface area contributed by atoms with Crippen molar-refractivity contribution in [3.8, 4) is 23.3 Å². The van der Waals surface area contributed by atoms with E-state index >= 15 is 0 Å². The highest BCUT2D eigenvalue weighted by Gasteiger charge is 2.31. The molecule has 4 amide bonds. The molecule has 0 saturated heterocycles. The number of carboxylic acids is 2. The number of carbonyl (C=O) groups is 6. The van der Waals surface area contributed by atoms with E-state index in [2.05, 4.69) is 51.6 Å². The van der Waals surface area contributed by atoms with Crippen LogP contribution >= 0.6 is 0 Å². The maximum atomic E-state index is 14.3. The number of amides is 4. The summed E-state index contributed by atoms with van der Waals surface area (Å²) in [6.07, 6.45) is 7.90. The fraction of sp³-hybridized carbons (Fsp3) is 0.208. The van der Waals surface area contributed by atoms with E-state index in [1.807, 2.05) is 0 Å². The summed E-state index contributed by atoms with van der Waals surface area (Å²) in [6.45, 7) is 3.53. The number of fused-ring (bicyclic) bond motifs is 2. The lowest BCUT2D eigenvalue weighted by Crippen LogP contribution is -2.16. The average molecular weight is 1010 g/mol. The molecular formula is C48H44F2N14O10. The van der Waals surface area contributed by atoms with Crippen molar-refractivity contribution < 1.29 is 57.2 Å².